The molecule has 0 aliphatic carbocycles. The number of nitrogens with one attached hydrogen (secondary N) is 1. The molecule has 14 nitrogen and oxygen atoms in total. The van der Waals surface area contributed by atoms with E-state index in [0.29, 0.717) is 73.6 Å². The summed E-state index contributed by atoms with van der Waals surface area (Å²) in [6.45, 7) is 0.824. The highest BCUT2D eigenvalue weighted by Crippen LogP contribution is 2.65. The molecule has 17 heteroatoms. The van der Waals surface area contributed by atoms with Crippen molar-refractivity contribution < 1.29 is 28.2 Å². The predicted octanol–water partition coefficient (Wildman–Crippen LogP) is 10.2. The van der Waals surface area contributed by atoms with Gasteiger partial charge in [-0.2, -0.15) is 13.9 Å². The van der Waals surface area contributed by atoms with E-state index in [9.17, 15) is 0 Å². The molecule has 1 heterocycles. The van der Waals surface area contributed by atoms with Gasteiger partial charge in [0.05, 0.1) is 0 Å². The van der Waals surface area contributed by atoms with Gasteiger partial charge >= 0.3 is 8.45 Å². The molecule has 6 aromatic carbocycles. The first-order chi connectivity index (χ1) is 28.5. The number of hydrogen-bond acceptors (Lipinski definition) is 14. The van der Waals surface area contributed by atoms with Crippen molar-refractivity contribution in [1.82, 2.24) is 4.86 Å². The van der Waals surface area contributed by atoms with Gasteiger partial charge in [0, 0.05) is 60.5 Å². The normalized spacial score (nSPS) is 13.8. The highest BCUT2D eigenvalue weighted by Gasteiger charge is 2.37. The second kappa shape index (κ2) is 19.8. The highest BCUT2D eigenvalue weighted by molar-refractivity contribution is 7.64. The first-order valence-corrected chi connectivity index (χ1v) is 21.0. The monoisotopic (exact) mass is 834 g/mol. The zero-order valence-corrected chi connectivity index (χ0v) is 33.8. The average molecular weight is 835 g/mol. The summed E-state index contributed by atoms with van der Waals surface area (Å²) in [4.78, 5) is 3.20. The summed E-state index contributed by atoms with van der Waals surface area (Å²) in [5.74, 6) is 2.44. The maximum atomic E-state index is 6.96. The number of hydrogen-bond donors (Lipinski definition) is 6. The lowest BCUT2D eigenvalue weighted by atomic mass is 10.1. The fourth-order valence-electron chi connectivity index (χ4n) is 5.85. The average Bonchev–Trinajstić information content (AvgIpc) is 3.28. The van der Waals surface area contributed by atoms with Crippen LogP contribution in [-0.4, -0.2) is 0 Å². The topological polar surface area (TPSA) is 222 Å². The van der Waals surface area contributed by atoms with Crippen LogP contribution in [0.3, 0.4) is 0 Å². The van der Waals surface area contributed by atoms with Crippen LogP contribution in [0.5, 0.6) is 63.2 Å². The standard InChI is InChI=1S/C41H41N8O6P3/c42-21-26-11-1-6-16-31(26)50-36-37(51-32-17-7-2-12-27(32)22-43)39(53-34-19-9-4-14-29(34)24-45)41(55-58-48-56-47-57-49-58)40(54-35-20-10-5-15-30(35)25-46)38(36)52-33-18-8-3-13-28(33)23-44/h1-20H,21-25,42-46H2,(H,47,48,49). The number of para-hydroxylation sites is 5. The van der Waals surface area contributed by atoms with Crippen molar-refractivity contribution in [3.05, 3.63) is 149 Å². The Labute approximate surface area is 340 Å². The largest absolute Gasteiger partial charge is 0.449 e. The SMILES string of the molecule is NCc1ccccc1Oc1c(Oc2ccccc2CN)c(Oc2ccccc2CN)c(OP2N=PN=PN2)c(Oc2ccccc2CN)c1Oc1ccccc1CN. The molecule has 0 fully saturated rings. The summed E-state index contributed by atoms with van der Waals surface area (Å²) in [7, 11) is -0.692. The first-order valence-electron chi connectivity index (χ1n) is 18.1. The molecule has 0 radical (unpaired) electrons. The lowest BCUT2D eigenvalue weighted by Gasteiger charge is -2.27. The number of ether oxygens (including phenoxy) is 5. The molecule has 0 saturated heterocycles. The van der Waals surface area contributed by atoms with E-state index >= 15 is 0 Å². The summed E-state index contributed by atoms with van der Waals surface area (Å²) < 4.78 is 50.4. The van der Waals surface area contributed by atoms with Gasteiger partial charge in [0.1, 0.15) is 37.3 Å². The zero-order chi connectivity index (χ0) is 40.3. The molecule has 0 aromatic heterocycles. The summed E-state index contributed by atoms with van der Waals surface area (Å²) in [6.07, 6.45) is 0. The van der Waals surface area contributed by atoms with Gasteiger partial charge < -0.3 is 56.9 Å². The molecule has 7 rings (SSSR count). The van der Waals surface area contributed by atoms with Crippen molar-refractivity contribution in [2.75, 3.05) is 0 Å². The highest BCUT2D eigenvalue weighted by atomic mass is 31.2. The Morgan fingerprint density at radius 2 is 0.690 bits per heavy atom. The molecule has 1 aliphatic rings. The minimum Gasteiger partial charge on any atom is -0.449 e. The van der Waals surface area contributed by atoms with Crippen LogP contribution >= 0.6 is 25.5 Å². The van der Waals surface area contributed by atoms with E-state index in [1.807, 2.05) is 91.0 Å². The van der Waals surface area contributed by atoms with Crippen LogP contribution in [0.1, 0.15) is 27.8 Å². The molecule has 0 saturated carbocycles. The Balaban J connectivity index is 1.63. The van der Waals surface area contributed by atoms with Crippen molar-refractivity contribution in [1.29, 1.82) is 0 Å². The predicted molar refractivity (Wildman–Crippen MR) is 228 cm³/mol. The third-order valence-electron chi connectivity index (χ3n) is 8.77. The molecule has 296 valence electrons. The molecule has 0 spiro atoms. The smallest absolute Gasteiger partial charge is 0.311 e. The Morgan fingerprint density at radius 3 is 0.948 bits per heavy atom. The van der Waals surface area contributed by atoms with Crippen LogP contribution in [0.2, 0.25) is 0 Å². The molecule has 58 heavy (non-hydrogen) atoms. The van der Waals surface area contributed by atoms with Gasteiger partial charge in [0.15, 0.2) is 8.52 Å². The lowest BCUT2D eigenvalue weighted by molar-refractivity contribution is 0.334. The van der Waals surface area contributed by atoms with Crippen LogP contribution in [0.25, 0.3) is 0 Å². The van der Waals surface area contributed by atoms with Crippen molar-refractivity contribution in [2.24, 2.45) is 37.7 Å². The maximum Gasteiger partial charge on any atom is 0.311 e. The van der Waals surface area contributed by atoms with Crippen LogP contribution < -0.4 is 61.7 Å². The number of rotatable bonds is 17. The van der Waals surface area contributed by atoms with E-state index < -0.39 is 8.45 Å². The Hall–Kier alpha value is -5.49. The fourth-order valence-corrected chi connectivity index (χ4v) is 8.76. The maximum absolute atomic E-state index is 6.96. The van der Waals surface area contributed by atoms with Gasteiger partial charge in [-0.05, 0) is 30.3 Å². The van der Waals surface area contributed by atoms with E-state index in [1.54, 1.807) is 30.3 Å². The number of nitrogens with two attached hydrogens (primary N) is 5. The molecule has 6 aromatic rings. The Morgan fingerprint density at radius 1 is 0.414 bits per heavy atom. The van der Waals surface area contributed by atoms with Gasteiger partial charge in [-0.3, -0.25) is 0 Å². The van der Waals surface area contributed by atoms with Crippen molar-refractivity contribution in [2.45, 2.75) is 32.7 Å². The summed E-state index contributed by atoms with van der Waals surface area (Å²) in [5, 5.41) is 0. The number of nitrogens with zero attached hydrogens (tertiary/aromatic N) is 2. The van der Waals surface area contributed by atoms with Gasteiger partial charge in [-0.1, -0.05) is 91.0 Å². The first kappa shape index (κ1) is 40.7. The summed E-state index contributed by atoms with van der Waals surface area (Å²) >= 11 is 0. The fraction of sp³-hybridized carbons (Fsp3) is 0.122. The Kier molecular flexibility index (Phi) is 13.9. The lowest BCUT2D eigenvalue weighted by Crippen LogP contribution is -2.08. The molecule has 1 atom stereocenters. The van der Waals surface area contributed by atoms with Crippen molar-refractivity contribution >= 4 is 25.5 Å². The van der Waals surface area contributed by atoms with E-state index in [0.717, 1.165) is 0 Å². The molecule has 0 amide bonds. The quantitative estimate of drug-likeness (QED) is 0.0472. The molecule has 11 N–H and O–H groups in total. The van der Waals surface area contributed by atoms with Gasteiger partial charge in [-0.15, -0.1) is 0 Å². The third-order valence-corrected chi connectivity index (χ3v) is 11.8. The summed E-state index contributed by atoms with van der Waals surface area (Å²) in [5.41, 5.74) is 34.8. The Bertz CT molecular complexity index is 2310. The third kappa shape index (κ3) is 9.28. The van der Waals surface area contributed by atoms with Gasteiger partial charge in [0.25, 0.3) is 0 Å². The van der Waals surface area contributed by atoms with Crippen molar-refractivity contribution in [3.63, 3.8) is 0 Å². The van der Waals surface area contributed by atoms with E-state index in [1.165, 1.54) is 0 Å². The minimum atomic E-state index is -1.74. The van der Waals surface area contributed by atoms with E-state index in [-0.39, 0.29) is 67.2 Å². The van der Waals surface area contributed by atoms with Crippen LogP contribution in [0.4, 0.5) is 0 Å². The van der Waals surface area contributed by atoms with Gasteiger partial charge in [-0.25, -0.2) is 0 Å². The second-order valence-electron chi connectivity index (χ2n) is 12.4. The number of benzene rings is 6. The van der Waals surface area contributed by atoms with Crippen molar-refractivity contribution in [3.8, 4) is 63.2 Å². The minimum absolute atomic E-state index is 0.0555. The van der Waals surface area contributed by atoms with Gasteiger partial charge in [0.2, 0.25) is 34.5 Å². The molecule has 0 bridgehead atoms. The molecule has 1 unspecified atom stereocenters. The second-order valence-corrected chi connectivity index (χ2v) is 15.7. The summed E-state index contributed by atoms with van der Waals surface area (Å²) in [6, 6.07) is 36.9. The molecular weight excluding hydrogens is 793 g/mol. The molecule has 1 aliphatic heterocycles. The van der Waals surface area contributed by atoms with Crippen LogP contribution in [-0.2, 0) is 32.7 Å². The van der Waals surface area contributed by atoms with E-state index in [2.05, 4.69) is 13.9 Å². The van der Waals surface area contributed by atoms with Crippen LogP contribution in [0.15, 0.2) is 130 Å². The zero-order valence-electron chi connectivity index (χ0n) is 31.2. The van der Waals surface area contributed by atoms with E-state index in [4.69, 9.17) is 56.9 Å². The van der Waals surface area contributed by atoms with Crippen LogP contribution in [0, 0.1) is 0 Å². The molecular formula is C41H41N8O6P3.